The van der Waals surface area contributed by atoms with Crippen LogP contribution in [0.4, 0.5) is 0 Å². The molecule has 13 heavy (non-hydrogen) atoms. The molecule has 0 aliphatic rings. The second-order valence-electron chi connectivity index (χ2n) is 2.50. The third kappa shape index (κ3) is 3.21. The van der Waals surface area contributed by atoms with Gasteiger partial charge in [0.1, 0.15) is 5.75 Å². The van der Waals surface area contributed by atoms with Crippen LogP contribution in [0.25, 0.3) is 0 Å². The molecule has 1 heterocycles. The average molecular weight is 181 g/mol. The Morgan fingerprint density at radius 3 is 3.08 bits per heavy atom. The third-order valence-corrected chi connectivity index (χ3v) is 1.44. The van der Waals surface area contributed by atoms with Crippen molar-refractivity contribution in [1.82, 2.24) is 4.98 Å². The van der Waals surface area contributed by atoms with Crippen molar-refractivity contribution < 1.29 is 14.6 Å². The van der Waals surface area contributed by atoms with Crippen LogP contribution >= 0.6 is 0 Å². The van der Waals surface area contributed by atoms with Gasteiger partial charge in [0.05, 0.1) is 12.8 Å². The normalized spacial score (nSPS) is 9.62. The maximum Gasteiger partial charge on any atom is 0.151 e. The van der Waals surface area contributed by atoms with Crippen LogP contribution in [-0.4, -0.2) is 29.6 Å². The zero-order chi connectivity index (χ0) is 9.52. The number of ether oxygens (including phenoxy) is 1. The molecule has 4 heteroatoms. The van der Waals surface area contributed by atoms with Crippen LogP contribution in [0.5, 0.6) is 5.75 Å². The highest BCUT2D eigenvalue weighted by Crippen LogP contribution is 2.09. The molecule has 0 atom stereocenters. The second-order valence-corrected chi connectivity index (χ2v) is 2.50. The first-order valence-corrected chi connectivity index (χ1v) is 4.00. The van der Waals surface area contributed by atoms with Gasteiger partial charge in [-0.2, -0.15) is 0 Å². The molecule has 1 N–H and O–H groups in total. The van der Waals surface area contributed by atoms with Crippen LogP contribution in [0.15, 0.2) is 18.5 Å². The number of hydrogen-bond acceptors (Lipinski definition) is 4. The molecule has 0 radical (unpaired) electrons. The first-order chi connectivity index (χ1) is 6.36. The van der Waals surface area contributed by atoms with Gasteiger partial charge in [-0.3, -0.25) is 9.78 Å². The third-order valence-electron chi connectivity index (χ3n) is 1.44. The standard InChI is InChI=1S/C9H11NO3/c11-2-1-3-13-9-4-8(7-12)5-10-6-9/h4-7,11H,1-3H2. The molecule has 0 spiro atoms. The number of aliphatic hydroxyl groups is 1. The first kappa shape index (κ1) is 9.67. The van der Waals surface area contributed by atoms with Crippen LogP contribution in [-0.2, 0) is 0 Å². The highest BCUT2D eigenvalue weighted by Gasteiger charge is 1.95. The summed E-state index contributed by atoms with van der Waals surface area (Å²) in [5, 5.41) is 8.49. The number of aldehydes is 1. The van der Waals surface area contributed by atoms with Crippen molar-refractivity contribution in [1.29, 1.82) is 0 Å². The van der Waals surface area contributed by atoms with E-state index in [1.54, 1.807) is 6.07 Å². The summed E-state index contributed by atoms with van der Waals surface area (Å²) in [7, 11) is 0. The maximum atomic E-state index is 10.4. The summed E-state index contributed by atoms with van der Waals surface area (Å²) in [6.07, 6.45) is 4.29. The predicted octanol–water partition coefficient (Wildman–Crippen LogP) is 0.655. The van der Waals surface area contributed by atoms with Gasteiger partial charge in [-0.1, -0.05) is 0 Å². The number of pyridine rings is 1. The van der Waals surface area contributed by atoms with E-state index in [-0.39, 0.29) is 6.61 Å². The molecule has 70 valence electrons. The van der Waals surface area contributed by atoms with Crippen molar-refractivity contribution >= 4 is 6.29 Å². The minimum absolute atomic E-state index is 0.0980. The Kier molecular flexibility index (Phi) is 3.92. The fourth-order valence-electron chi connectivity index (χ4n) is 0.834. The SMILES string of the molecule is O=Cc1cncc(OCCCO)c1. The summed E-state index contributed by atoms with van der Waals surface area (Å²) in [5.74, 6) is 0.554. The Morgan fingerprint density at radius 2 is 2.38 bits per heavy atom. The molecule has 0 fully saturated rings. The Balaban J connectivity index is 2.51. The number of rotatable bonds is 5. The molecule has 1 aromatic rings. The van der Waals surface area contributed by atoms with Gasteiger partial charge in [0, 0.05) is 24.8 Å². The lowest BCUT2D eigenvalue weighted by Crippen LogP contribution is -2.00. The Bertz CT molecular complexity index is 275. The monoisotopic (exact) mass is 181 g/mol. The Labute approximate surface area is 76.2 Å². The summed E-state index contributed by atoms with van der Waals surface area (Å²) in [6.45, 7) is 0.529. The number of aliphatic hydroxyl groups excluding tert-OH is 1. The lowest BCUT2D eigenvalue weighted by atomic mass is 10.3. The van der Waals surface area contributed by atoms with Crippen LogP contribution < -0.4 is 4.74 Å². The molecule has 0 aromatic carbocycles. The van der Waals surface area contributed by atoms with Crippen molar-refractivity contribution in [3.05, 3.63) is 24.0 Å². The van der Waals surface area contributed by atoms with Crippen molar-refractivity contribution in [2.75, 3.05) is 13.2 Å². The van der Waals surface area contributed by atoms with E-state index in [0.29, 0.717) is 30.6 Å². The maximum absolute atomic E-state index is 10.4. The summed E-state index contributed by atoms with van der Waals surface area (Å²) in [6, 6.07) is 1.61. The van der Waals surface area contributed by atoms with E-state index >= 15 is 0 Å². The van der Waals surface area contributed by atoms with E-state index in [0.717, 1.165) is 0 Å². The van der Waals surface area contributed by atoms with Crippen LogP contribution in [0, 0.1) is 0 Å². The van der Waals surface area contributed by atoms with E-state index < -0.39 is 0 Å². The fourth-order valence-corrected chi connectivity index (χ4v) is 0.834. The lowest BCUT2D eigenvalue weighted by Gasteiger charge is -2.03. The Morgan fingerprint density at radius 1 is 1.54 bits per heavy atom. The van der Waals surface area contributed by atoms with E-state index in [2.05, 4.69) is 4.98 Å². The minimum Gasteiger partial charge on any atom is -0.492 e. The molecule has 0 amide bonds. The number of carbonyl (C=O) groups excluding carboxylic acids is 1. The van der Waals surface area contributed by atoms with E-state index in [4.69, 9.17) is 9.84 Å². The van der Waals surface area contributed by atoms with Crippen LogP contribution in [0.1, 0.15) is 16.8 Å². The van der Waals surface area contributed by atoms with Gasteiger partial charge in [0.2, 0.25) is 0 Å². The van der Waals surface area contributed by atoms with Crippen LogP contribution in [0.3, 0.4) is 0 Å². The first-order valence-electron chi connectivity index (χ1n) is 4.00. The van der Waals surface area contributed by atoms with Gasteiger partial charge < -0.3 is 9.84 Å². The molecule has 0 saturated carbocycles. The minimum atomic E-state index is 0.0980. The highest BCUT2D eigenvalue weighted by atomic mass is 16.5. The van der Waals surface area contributed by atoms with Gasteiger partial charge in [-0.25, -0.2) is 0 Å². The van der Waals surface area contributed by atoms with Gasteiger partial charge in [-0.05, 0) is 6.07 Å². The summed E-state index contributed by atoms with van der Waals surface area (Å²) in [5.41, 5.74) is 0.487. The number of aromatic nitrogens is 1. The van der Waals surface area contributed by atoms with E-state index in [1.165, 1.54) is 12.4 Å². The largest absolute Gasteiger partial charge is 0.492 e. The Hall–Kier alpha value is -1.42. The summed E-state index contributed by atoms with van der Waals surface area (Å²) in [4.78, 5) is 14.2. The number of hydrogen-bond donors (Lipinski definition) is 1. The molecule has 1 rings (SSSR count). The van der Waals surface area contributed by atoms with Crippen molar-refractivity contribution in [2.45, 2.75) is 6.42 Å². The molecule has 0 aliphatic carbocycles. The van der Waals surface area contributed by atoms with Gasteiger partial charge in [0.25, 0.3) is 0 Å². The number of nitrogens with zero attached hydrogens (tertiary/aromatic N) is 1. The van der Waals surface area contributed by atoms with Gasteiger partial charge >= 0.3 is 0 Å². The van der Waals surface area contributed by atoms with E-state index in [9.17, 15) is 4.79 Å². The second kappa shape index (κ2) is 5.27. The molecule has 1 aromatic heterocycles. The number of carbonyl (C=O) groups is 1. The molecular weight excluding hydrogens is 170 g/mol. The molecule has 0 unspecified atom stereocenters. The van der Waals surface area contributed by atoms with Gasteiger partial charge in [0.15, 0.2) is 6.29 Å². The molecule has 0 saturated heterocycles. The smallest absolute Gasteiger partial charge is 0.151 e. The summed E-state index contributed by atoms with van der Waals surface area (Å²) < 4.78 is 5.21. The molecular formula is C9H11NO3. The zero-order valence-electron chi connectivity index (χ0n) is 7.14. The van der Waals surface area contributed by atoms with E-state index in [1.807, 2.05) is 0 Å². The topological polar surface area (TPSA) is 59.4 Å². The predicted molar refractivity (Wildman–Crippen MR) is 46.8 cm³/mol. The lowest BCUT2D eigenvalue weighted by molar-refractivity contribution is 0.112. The van der Waals surface area contributed by atoms with Crippen molar-refractivity contribution in [3.63, 3.8) is 0 Å². The van der Waals surface area contributed by atoms with Crippen molar-refractivity contribution in [2.24, 2.45) is 0 Å². The molecule has 0 bridgehead atoms. The van der Waals surface area contributed by atoms with Crippen molar-refractivity contribution in [3.8, 4) is 5.75 Å². The van der Waals surface area contributed by atoms with Crippen LogP contribution in [0.2, 0.25) is 0 Å². The highest BCUT2D eigenvalue weighted by molar-refractivity contribution is 5.74. The average Bonchev–Trinajstić information content (AvgIpc) is 2.19. The molecule has 4 nitrogen and oxygen atoms in total. The summed E-state index contributed by atoms with van der Waals surface area (Å²) >= 11 is 0. The zero-order valence-corrected chi connectivity index (χ0v) is 7.14. The fraction of sp³-hybridized carbons (Fsp3) is 0.333. The van der Waals surface area contributed by atoms with Gasteiger partial charge in [-0.15, -0.1) is 0 Å². The molecule has 0 aliphatic heterocycles. The quantitative estimate of drug-likeness (QED) is 0.535.